The fraction of sp³-hybridized carbons (Fsp3) is 0.120. The fourth-order valence-corrected chi connectivity index (χ4v) is 4.56. The Balaban J connectivity index is 1.57. The van der Waals surface area contributed by atoms with E-state index in [0.29, 0.717) is 5.11 Å². The Kier molecular flexibility index (Phi) is 5.68. The van der Waals surface area contributed by atoms with Gasteiger partial charge in [0.25, 0.3) is 0 Å². The highest BCUT2D eigenvalue weighted by atomic mass is 79.9. The van der Waals surface area contributed by atoms with Gasteiger partial charge in [-0.1, -0.05) is 34.1 Å². The topological polar surface area (TPSA) is 50.5 Å². The van der Waals surface area contributed by atoms with Crippen LogP contribution in [0, 0.1) is 0 Å². The van der Waals surface area contributed by atoms with Gasteiger partial charge in [-0.05, 0) is 72.9 Å². The van der Waals surface area contributed by atoms with E-state index in [1.54, 1.807) is 13.3 Å². The van der Waals surface area contributed by atoms with Crippen LogP contribution in [0.1, 0.15) is 23.5 Å². The van der Waals surface area contributed by atoms with Gasteiger partial charge in [-0.25, -0.2) is 0 Å². The molecule has 2 aromatic heterocycles. The Morgan fingerprint density at radius 2 is 1.78 bits per heavy atom. The first-order chi connectivity index (χ1) is 15.6. The molecule has 32 heavy (non-hydrogen) atoms. The zero-order chi connectivity index (χ0) is 22.1. The molecule has 0 aliphatic carbocycles. The Morgan fingerprint density at radius 1 is 1.00 bits per heavy atom. The van der Waals surface area contributed by atoms with E-state index in [4.69, 9.17) is 21.4 Å². The van der Waals surface area contributed by atoms with Crippen molar-refractivity contribution in [3.05, 3.63) is 101 Å². The standard InChI is InChI=1S/C25H20BrN3O2S/c1-30-19-11-9-18(10-12-19)29-24(23(28-25(29)32)20-4-2-3-15-27-20)22-14-13-21(31-22)16-5-7-17(26)8-6-16/h2-15,23-24H,1H3,(H,28,32)/t23-,24-/m1/s1. The van der Waals surface area contributed by atoms with Crippen LogP contribution < -0.4 is 15.0 Å². The van der Waals surface area contributed by atoms with Crippen molar-refractivity contribution in [2.75, 3.05) is 12.0 Å². The molecule has 4 aromatic rings. The van der Waals surface area contributed by atoms with E-state index in [1.807, 2.05) is 78.9 Å². The van der Waals surface area contributed by atoms with Gasteiger partial charge in [-0.15, -0.1) is 0 Å². The first-order valence-electron chi connectivity index (χ1n) is 10.1. The molecule has 2 aromatic carbocycles. The number of thiocarbonyl (C=S) groups is 1. The monoisotopic (exact) mass is 505 g/mol. The maximum Gasteiger partial charge on any atom is 0.174 e. The number of hydrogen-bond acceptors (Lipinski definition) is 4. The molecule has 0 spiro atoms. The van der Waals surface area contributed by atoms with E-state index < -0.39 is 0 Å². The summed E-state index contributed by atoms with van der Waals surface area (Å²) < 4.78 is 12.7. The van der Waals surface area contributed by atoms with Crippen LogP contribution in [-0.2, 0) is 0 Å². The van der Waals surface area contributed by atoms with Crippen LogP contribution in [0.4, 0.5) is 5.69 Å². The lowest BCUT2D eigenvalue weighted by Gasteiger charge is -2.26. The number of methoxy groups -OCH3 is 1. The van der Waals surface area contributed by atoms with Crippen LogP contribution in [0.3, 0.4) is 0 Å². The maximum absolute atomic E-state index is 6.38. The van der Waals surface area contributed by atoms with Crippen LogP contribution in [0.2, 0.25) is 0 Å². The van der Waals surface area contributed by atoms with Crippen LogP contribution in [0.15, 0.2) is 93.9 Å². The van der Waals surface area contributed by atoms with Gasteiger partial charge in [0.05, 0.1) is 18.8 Å². The molecular formula is C25H20BrN3O2S. The smallest absolute Gasteiger partial charge is 0.174 e. The number of anilines is 1. The third-order valence-electron chi connectivity index (χ3n) is 5.50. The lowest BCUT2D eigenvalue weighted by Crippen LogP contribution is -2.29. The Bertz CT molecular complexity index is 1230. The maximum atomic E-state index is 6.38. The van der Waals surface area contributed by atoms with Crippen molar-refractivity contribution < 1.29 is 9.15 Å². The van der Waals surface area contributed by atoms with Crippen LogP contribution in [-0.4, -0.2) is 17.2 Å². The molecule has 1 aliphatic heterocycles. The van der Waals surface area contributed by atoms with Crippen molar-refractivity contribution >= 4 is 38.9 Å². The number of ether oxygens (including phenoxy) is 1. The summed E-state index contributed by atoms with van der Waals surface area (Å²) in [5.41, 5.74) is 2.86. The minimum absolute atomic E-state index is 0.158. The van der Waals surface area contributed by atoms with E-state index in [0.717, 1.165) is 38.7 Å². The fourth-order valence-electron chi connectivity index (χ4n) is 3.95. The molecule has 0 bridgehead atoms. The van der Waals surface area contributed by atoms with Gasteiger partial charge in [-0.2, -0.15) is 0 Å². The number of pyridine rings is 1. The molecule has 1 fully saturated rings. The third kappa shape index (κ3) is 3.89. The normalized spacial score (nSPS) is 17.9. The molecule has 0 amide bonds. The number of benzene rings is 2. The van der Waals surface area contributed by atoms with Gasteiger partial charge in [0.1, 0.15) is 23.3 Å². The molecule has 0 unspecified atom stereocenters. The summed E-state index contributed by atoms with van der Waals surface area (Å²) in [4.78, 5) is 6.67. The Hall–Kier alpha value is -3.16. The van der Waals surface area contributed by atoms with E-state index in [9.17, 15) is 0 Å². The predicted octanol–water partition coefficient (Wildman–Crippen LogP) is 6.29. The first-order valence-corrected chi connectivity index (χ1v) is 11.3. The van der Waals surface area contributed by atoms with E-state index in [-0.39, 0.29) is 12.1 Å². The summed E-state index contributed by atoms with van der Waals surface area (Å²) >= 11 is 9.25. The molecule has 1 N–H and O–H groups in total. The van der Waals surface area contributed by atoms with Gasteiger partial charge in [0.2, 0.25) is 0 Å². The second kappa shape index (κ2) is 8.76. The van der Waals surface area contributed by atoms with E-state index in [1.165, 1.54) is 0 Å². The predicted molar refractivity (Wildman–Crippen MR) is 133 cm³/mol. The summed E-state index contributed by atoms with van der Waals surface area (Å²) in [6.07, 6.45) is 1.79. The molecule has 0 radical (unpaired) electrons. The highest BCUT2D eigenvalue weighted by Crippen LogP contribution is 2.43. The van der Waals surface area contributed by atoms with E-state index in [2.05, 4.69) is 31.1 Å². The molecule has 5 rings (SSSR count). The van der Waals surface area contributed by atoms with E-state index >= 15 is 0 Å². The van der Waals surface area contributed by atoms with Crippen molar-refractivity contribution in [1.29, 1.82) is 0 Å². The number of aromatic nitrogens is 1. The molecular weight excluding hydrogens is 486 g/mol. The zero-order valence-electron chi connectivity index (χ0n) is 17.2. The molecule has 7 heteroatoms. The SMILES string of the molecule is COc1ccc(N2C(=S)N[C@H](c3ccccn3)[C@H]2c2ccc(-c3ccc(Br)cc3)o2)cc1. The number of halogens is 1. The number of furan rings is 1. The quantitative estimate of drug-likeness (QED) is 0.321. The van der Waals surface area contributed by atoms with Gasteiger partial charge >= 0.3 is 0 Å². The van der Waals surface area contributed by atoms with Gasteiger partial charge in [0, 0.05) is 21.9 Å². The molecule has 1 aliphatic rings. The second-order valence-electron chi connectivity index (χ2n) is 7.40. The van der Waals surface area contributed by atoms with Gasteiger partial charge in [-0.3, -0.25) is 4.98 Å². The largest absolute Gasteiger partial charge is 0.497 e. The molecule has 160 valence electrons. The highest BCUT2D eigenvalue weighted by Gasteiger charge is 2.42. The van der Waals surface area contributed by atoms with Gasteiger partial charge in [0.15, 0.2) is 5.11 Å². The third-order valence-corrected chi connectivity index (χ3v) is 6.34. The minimum atomic E-state index is -0.199. The molecule has 2 atom stereocenters. The van der Waals surface area contributed by atoms with Crippen molar-refractivity contribution in [3.8, 4) is 17.1 Å². The Labute approximate surface area is 200 Å². The van der Waals surface area contributed by atoms with Crippen molar-refractivity contribution in [1.82, 2.24) is 10.3 Å². The number of rotatable bonds is 5. The summed E-state index contributed by atoms with van der Waals surface area (Å²) in [5.74, 6) is 2.40. The summed E-state index contributed by atoms with van der Waals surface area (Å²) in [6, 6.07) is 25.5. The van der Waals surface area contributed by atoms with Crippen molar-refractivity contribution in [2.45, 2.75) is 12.1 Å². The highest BCUT2D eigenvalue weighted by molar-refractivity contribution is 9.10. The lowest BCUT2D eigenvalue weighted by molar-refractivity contribution is 0.414. The second-order valence-corrected chi connectivity index (χ2v) is 8.71. The molecule has 5 nitrogen and oxygen atoms in total. The zero-order valence-corrected chi connectivity index (χ0v) is 19.6. The number of hydrogen-bond donors (Lipinski definition) is 1. The average molecular weight is 506 g/mol. The first kappa shape index (κ1) is 20.7. The number of nitrogens with zero attached hydrogens (tertiary/aromatic N) is 2. The average Bonchev–Trinajstić information content (AvgIpc) is 3.45. The Morgan fingerprint density at radius 3 is 2.47 bits per heavy atom. The molecule has 0 saturated carbocycles. The molecule has 1 saturated heterocycles. The molecule has 3 heterocycles. The van der Waals surface area contributed by atoms with Crippen LogP contribution >= 0.6 is 28.1 Å². The van der Waals surface area contributed by atoms with Crippen LogP contribution in [0.25, 0.3) is 11.3 Å². The van der Waals surface area contributed by atoms with Crippen LogP contribution in [0.5, 0.6) is 5.75 Å². The summed E-state index contributed by atoms with van der Waals surface area (Å²) in [7, 11) is 1.66. The van der Waals surface area contributed by atoms with Gasteiger partial charge < -0.3 is 19.4 Å². The summed E-state index contributed by atoms with van der Waals surface area (Å²) in [5, 5.41) is 4.07. The summed E-state index contributed by atoms with van der Waals surface area (Å²) in [6.45, 7) is 0. The van der Waals surface area contributed by atoms with Crippen molar-refractivity contribution in [3.63, 3.8) is 0 Å². The minimum Gasteiger partial charge on any atom is -0.497 e. The number of nitrogens with one attached hydrogen (secondary N) is 1. The lowest BCUT2D eigenvalue weighted by atomic mass is 10.0. The van der Waals surface area contributed by atoms with Crippen molar-refractivity contribution in [2.24, 2.45) is 0 Å².